The summed E-state index contributed by atoms with van der Waals surface area (Å²) in [6.07, 6.45) is 5.39. The first-order valence-corrected chi connectivity index (χ1v) is 9.66. The van der Waals surface area contributed by atoms with Crippen molar-refractivity contribution in [3.63, 3.8) is 0 Å². The molecule has 4 heterocycles. The predicted molar refractivity (Wildman–Crippen MR) is 113 cm³/mol. The molecule has 8 heteroatoms. The van der Waals surface area contributed by atoms with Crippen LogP contribution in [0.3, 0.4) is 0 Å². The monoisotopic (exact) mass is 386 g/mol. The zero-order chi connectivity index (χ0) is 20.1. The van der Waals surface area contributed by atoms with Gasteiger partial charge in [0.25, 0.3) is 0 Å². The lowest BCUT2D eigenvalue weighted by molar-refractivity contribution is 0.323. The number of pyridine rings is 1. The SMILES string of the molecule is [B]N1CCN(c2ccc3nc(-c4cc(F)c5nc(C)cn5c4)ncc3c2)CC1C. The Morgan fingerprint density at radius 1 is 1.14 bits per heavy atom. The van der Waals surface area contributed by atoms with Gasteiger partial charge in [0.2, 0.25) is 0 Å². The Bertz CT molecular complexity index is 1220. The largest absolute Gasteiger partial charge is 0.369 e. The second-order valence-electron chi connectivity index (χ2n) is 7.66. The van der Waals surface area contributed by atoms with Gasteiger partial charge in [0.15, 0.2) is 25.3 Å². The van der Waals surface area contributed by atoms with Gasteiger partial charge in [-0.15, -0.1) is 0 Å². The van der Waals surface area contributed by atoms with Crippen LogP contribution in [0.4, 0.5) is 10.1 Å². The topological polar surface area (TPSA) is 49.6 Å². The number of piperazine rings is 1. The van der Waals surface area contributed by atoms with Crippen LogP contribution in [-0.2, 0) is 0 Å². The minimum Gasteiger partial charge on any atom is -0.369 e. The van der Waals surface area contributed by atoms with Crippen molar-refractivity contribution in [3.05, 3.63) is 54.4 Å². The van der Waals surface area contributed by atoms with Crippen LogP contribution in [0.5, 0.6) is 0 Å². The lowest BCUT2D eigenvalue weighted by Gasteiger charge is -2.39. The fourth-order valence-corrected chi connectivity index (χ4v) is 3.86. The Hall–Kier alpha value is -3.00. The zero-order valence-electron chi connectivity index (χ0n) is 16.4. The molecule has 0 amide bonds. The molecule has 5 rings (SSSR count). The summed E-state index contributed by atoms with van der Waals surface area (Å²) < 4.78 is 16.1. The highest BCUT2D eigenvalue weighted by molar-refractivity contribution is 6.04. The van der Waals surface area contributed by atoms with Crippen molar-refractivity contribution < 1.29 is 4.39 Å². The number of fused-ring (bicyclic) bond motifs is 2. The Labute approximate surface area is 169 Å². The Kier molecular flexibility index (Phi) is 4.24. The van der Waals surface area contributed by atoms with E-state index in [1.54, 1.807) is 16.8 Å². The van der Waals surface area contributed by atoms with E-state index in [2.05, 4.69) is 38.9 Å². The third-order valence-corrected chi connectivity index (χ3v) is 5.49. The van der Waals surface area contributed by atoms with E-state index in [0.29, 0.717) is 23.1 Å². The second kappa shape index (κ2) is 6.81. The van der Waals surface area contributed by atoms with E-state index in [9.17, 15) is 4.39 Å². The maximum absolute atomic E-state index is 14.4. The molecule has 1 aliphatic rings. The quantitative estimate of drug-likeness (QED) is 0.496. The molecule has 1 unspecified atom stereocenters. The molecule has 1 atom stereocenters. The lowest BCUT2D eigenvalue weighted by Crippen LogP contribution is -2.50. The molecule has 29 heavy (non-hydrogen) atoms. The molecule has 1 fully saturated rings. The van der Waals surface area contributed by atoms with E-state index in [4.69, 9.17) is 7.98 Å². The van der Waals surface area contributed by atoms with E-state index < -0.39 is 0 Å². The third-order valence-electron chi connectivity index (χ3n) is 5.49. The number of aryl methyl sites for hydroxylation is 1. The molecular weight excluding hydrogens is 366 g/mol. The first-order valence-electron chi connectivity index (χ1n) is 9.66. The Morgan fingerprint density at radius 3 is 2.83 bits per heavy atom. The van der Waals surface area contributed by atoms with Gasteiger partial charge in [0.05, 0.1) is 11.2 Å². The molecule has 1 saturated heterocycles. The lowest BCUT2D eigenvalue weighted by atomic mass is 10.1. The van der Waals surface area contributed by atoms with Crippen LogP contribution in [0.15, 0.2) is 42.9 Å². The van der Waals surface area contributed by atoms with Gasteiger partial charge in [-0.05, 0) is 38.1 Å². The molecule has 2 radical (unpaired) electrons. The number of imidazole rings is 1. The highest BCUT2D eigenvalue weighted by atomic mass is 19.1. The van der Waals surface area contributed by atoms with Gasteiger partial charge in [-0.25, -0.2) is 19.3 Å². The summed E-state index contributed by atoms with van der Waals surface area (Å²) in [5.74, 6) is 0.102. The maximum atomic E-state index is 14.4. The van der Waals surface area contributed by atoms with Crippen LogP contribution in [0.1, 0.15) is 12.6 Å². The van der Waals surface area contributed by atoms with Crippen molar-refractivity contribution in [1.82, 2.24) is 24.2 Å². The van der Waals surface area contributed by atoms with E-state index in [1.807, 2.05) is 24.0 Å². The van der Waals surface area contributed by atoms with Crippen LogP contribution in [-0.4, -0.2) is 57.8 Å². The molecule has 0 N–H and O–H groups in total. The molecular formula is C21H20BFN6. The molecule has 0 saturated carbocycles. The first kappa shape index (κ1) is 18.1. The van der Waals surface area contributed by atoms with Gasteiger partial charge >= 0.3 is 0 Å². The van der Waals surface area contributed by atoms with E-state index in [1.165, 1.54) is 6.07 Å². The fraction of sp³-hybridized carbons (Fsp3) is 0.286. The summed E-state index contributed by atoms with van der Waals surface area (Å²) >= 11 is 0. The van der Waals surface area contributed by atoms with Crippen molar-refractivity contribution in [1.29, 1.82) is 0 Å². The Balaban J connectivity index is 1.50. The highest BCUT2D eigenvalue weighted by Crippen LogP contribution is 2.25. The van der Waals surface area contributed by atoms with E-state index in [-0.39, 0.29) is 5.82 Å². The number of halogens is 1. The minimum atomic E-state index is -0.386. The van der Waals surface area contributed by atoms with Crippen LogP contribution in [0, 0.1) is 12.7 Å². The summed E-state index contributed by atoms with van der Waals surface area (Å²) in [5, 5.41) is 0.953. The fourth-order valence-electron chi connectivity index (χ4n) is 3.86. The number of hydrogen-bond acceptors (Lipinski definition) is 5. The number of rotatable bonds is 2. The van der Waals surface area contributed by atoms with Crippen LogP contribution in [0.25, 0.3) is 27.9 Å². The average molecular weight is 386 g/mol. The minimum absolute atomic E-state index is 0.301. The van der Waals surface area contributed by atoms with Gasteiger partial charge in [0, 0.05) is 60.9 Å². The van der Waals surface area contributed by atoms with Gasteiger partial charge in [-0.2, -0.15) is 0 Å². The number of aromatic nitrogens is 4. The summed E-state index contributed by atoms with van der Waals surface area (Å²) in [6, 6.07) is 7.90. The third kappa shape index (κ3) is 3.23. The number of benzene rings is 1. The van der Waals surface area contributed by atoms with Crippen LogP contribution >= 0.6 is 0 Å². The number of anilines is 1. The first-order chi connectivity index (χ1) is 14.0. The van der Waals surface area contributed by atoms with Crippen molar-refractivity contribution >= 4 is 30.2 Å². The molecule has 144 valence electrons. The van der Waals surface area contributed by atoms with Gasteiger partial charge in [-0.3, -0.25) is 0 Å². The van der Waals surface area contributed by atoms with Crippen molar-refractivity contribution in [2.24, 2.45) is 0 Å². The molecule has 0 aliphatic carbocycles. The van der Waals surface area contributed by atoms with Gasteiger partial charge in [-0.1, -0.05) is 0 Å². The molecule has 6 nitrogen and oxygen atoms in total. The molecule has 3 aromatic heterocycles. The zero-order valence-corrected chi connectivity index (χ0v) is 16.4. The van der Waals surface area contributed by atoms with Crippen LogP contribution in [0.2, 0.25) is 0 Å². The normalized spacial score (nSPS) is 18.0. The highest BCUT2D eigenvalue weighted by Gasteiger charge is 2.20. The standard InChI is InChI=1S/C21H20BFN6/c1-13-10-28-12-16(8-18(23)21(28)25-13)20-24-9-15-7-17(3-4-19(15)26-20)27-5-6-29(22)14(2)11-27/h3-4,7-10,12,14H,5-6,11H2,1-2H3. The van der Waals surface area contributed by atoms with E-state index >= 15 is 0 Å². The number of nitrogens with zero attached hydrogens (tertiary/aromatic N) is 6. The average Bonchev–Trinajstić information content (AvgIpc) is 3.10. The Morgan fingerprint density at radius 2 is 2.00 bits per heavy atom. The van der Waals surface area contributed by atoms with Gasteiger partial charge < -0.3 is 14.1 Å². The van der Waals surface area contributed by atoms with Gasteiger partial charge in [0.1, 0.15) is 0 Å². The van der Waals surface area contributed by atoms with Crippen molar-refractivity contribution in [2.75, 3.05) is 24.5 Å². The molecule has 0 bridgehead atoms. The van der Waals surface area contributed by atoms with Crippen molar-refractivity contribution in [3.8, 4) is 11.4 Å². The van der Waals surface area contributed by atoms with Crippen LogP contribution < -0.4 is 4.90 Å². The maximum Gasteiger partial charge on any atom is 0.183 e. The summed E-state index contributed by atoms with van der Waals surface area (Å²) in [7, 11) is 5.98. The molecule has 1 aromatic carbocycles. The van der Waals surface area contributed by atoms with Crippen molar-refractivity contribution in [2.45, 2.75) is 19.9 Å². The van der Waals surface area contributed by atoms with E-state index in [0.717, 1.165) is 41.9 Å². The predicted octanol–water partition coefficient (Wildman–Crippen LogP) is 2.99. The molecule has 1 aliphatic heterocycles. The molecule has 0 spiro atoms. The smallest absolute Gasteiger partial charge is 0.183 e. The number of hydrogen-bond donors (Lipinski definition) is 0. The summed E-state index contributed by atoms with van der Waals surface area (Å²) in [6.45, 7) is 6.56. The summed E-state index contributed by atoms with van der Waals surface area (Å²) in [5.41, 5.74) is 3.65. The second-order valence-corrected chi connectivity index (χ2v) is 7.66. The molecule has 4 aromatic rings. The summed E-state index contributed by atoms with van der Waals surface area (Å²) in [4.78, 5) is 17.5.